The monoisotopic (exact) mass is 569 g/mol. The molecule has 0 aliphatic carbocycles. The van der Waals surface area contributed by atoms with Gasteiger partial charge in [-0.1, -0.05) is 12.1 Å². The first-order valence-corrected chi connectivity index (χ1v) is 14.4. The van der Waals surface area contributed by atoms with Crippen molar-refractivity contribution in [3.8, 4) is 5.00 Å². The number of hydrogen-bond donors (Lipinski definition) is 1. The van der Waals surface area contributed by atoms with Gasteiger partial charge in [0.1, 0.15) is 16.9 Å². The summed E-state index contributed by atoms with van der Waals surface area (Å²) < 4.78 is 1.97. The number of aliphatic imine (C=N–C) groups is 1. The number of benzene rings is 1. The number of thiophene rings is 1. The fourth-order valence-electron chi connectivity index (χ4n) is 5.49. The Morgan fingerprint density at radius 2 is 1.66 bits per heavy atom. The second-order valence-electron chi connectivity index (χ2n) is 10.5. The van der Waals surface area contributed by atoms with E-state index in [1.807, 2.05) is 16.4 Å². The van der Waals surface area contributed by atoms with Crippen molar-refractivity contribution in [3.63, 3.8) is 0 Å². The van der Waals surface area contributed by atoms with E-state index >= 15 is 0 Å². The first-order chi connectivity index (χ1) is 19.7. The Labute approximate surface area is 242 Å². The number of rotatable bonds is 5. The molecule has 2 atom stereocenters. The normalized spacial score (nSPS) is 17.4. The number of carboxylic acid groups (broad SMARTS) is 1. The molecule has 1 aromatic carbocycles. The molecule has 0 bridgehead atoms. The van der Waals surface area contributed by atoms with E-state index in [4.69, 9.17) is 4.99 Å². The highest BCUT2D eigenvalue weighted by Gasteiger charge is 2.36. The van der Waals surface area contributed by atoms with Crippen LogP contribution in [0.1, 0.15) is 56.5 Å². The fourth-order valence-corrected chi connectivity index (χ4v) is 6.71. The highest BCUT2D eigenvalue weighted by Crippen LogP contribution is 2.40. The molecular formula is C30H31N7O3S. The summed E-state index contributed by atoms with van der Waals surface area (Å²) in [4.78, 5) is 39.4. The maximum Gasteiger partial charge on any atom is 0.308 e. The van der Waals surface area contributed by atoms with Crippen LogP contribution in [0.2, 0.25) is 0 Å². The molecule has 1 N–H and O–H groups in total. The molecule has 4 aromatic rings. The largest absolute Gasteiger partial charge is 0.481 e. The number of amides is 1. The smallest absolute Gasteiger partial charge is 0.308 e. The zero-order valence-electron chi connectivity index (χ0n) is 23.4. The molecule has 2 aliphatic heterocycles. The summed E-state index contributed by atoms with van der Waals surface area (Å²) in [6.45, 7) is 10.5. The molecule has 41 heavy (non-hydrogen) atoms. The summed E-state index contributed by atoms with van der Waals surface area (Å²) in [7, 11) is 0. The lowest BCUT2D eigenvalue weighted by molar-refractivity contribution is -0.141. The third-order valence-corrected chi connectivity index (χ3v) is 9.24. The quantitative estimate of drug-likeness (QED) is 0.382. The molecule has 0 spiro atoms. The molecule has 0 saturated carbocycles. The number of carbonyl (C=O) groups is 2. The standard InChI is InChI=1S/C30H31N7O3S/c1-17-19(3)41-29-24(17)26(32-25(18(2)30(39)40)27-34-33-20(4)37(27)29)21-5-7-23(8-6-21)35-13-15-36(16-14-35)28(38)22-9-11-31-12-10-22/h5-12,18,25H,13-16H2,1-4H3,(H,39,40)/t18-,25?/m0/s1. The van der Waals surface area contributed by atoms with Crippen LogP contribution in [0.25, 0.3) is 5.00 Å². The average molecular weight is 570 g/mol. The Balaban J connectivity index is 1.30. The summed E-state index contributed by atoms with van der Waals surface area (Å²) in [6.07, 6.45) is 3.28. The molecule has 5 heterocycles. The van der Waals surface area contributed by atoms with Gasteiger partial charge < -0.3 is 14.9 Å². The van der Waals surface area contributed by atoms with Crippen LogP contribution in [0.5, 0.6) is 0 Å². The molecule has 1 unspecified atom stereocenters. The van der Waals surface area contributed by atoms with Crippen molar-refractivity contribution in [2.45, 2.75) is 33.7 Å². The van der Waals surface area contributed by atoms with Gasteiger partial charge in [0.25, 0.3) is 5.91 Å². The summed E-state index contributed by atoms with van der Waals surface area (Å²) >= 11 is 1.65. The van der Waals surface area contributed by atoms with Gasteiger partial charge in [0.2, 0.25) is 0 Å². The first-order valence-electron chi connectivity index (χ1n) is 13.6. The number of aromatic nitrogens is 4. The maximum absolute atomic E-state index is 12.8. The average Bonchev–Trinajstić information content (AvgIpc) is 3.46. The van der Waals surface area contributed by atoms with Crippen molar-refractivity contribution in [2.75, 3.05) is 31.1 Å². The Kier molecular flexibility index (Phi) is 6.90. The number of fused-ring (bicyclic) bond motifs is 3. The van der Waals surface area contributed by atoms with Gasteiger partial charge in [-0.05, 0) is 57.5 Å². The number of piperazine rings is 1. The summed E-state index contributed by atoms with van der Waals surface area (Å²) in [5, 5.41) is 19.6. The number of hydrogen-bond acceptors (Lipinski definition) is 8. The predicted octanol–water partition coefficient (Wildman–Crippen LogP) is 4.22. The van der Waals surface area contributed by atoms with Crippen LogP contribution in [0.4, 0.5) is 5.69 Å². The minimum absolute atomic E-state index is 0.0292. The maximum atomic E-state index is 12.8. The van der Waals surface area contributed by atoms with E-state index in [-0.39, 0.29) is 5.91 Å². The van der Waals surface area contributed by atoms with E-state index in [2.05, 4.69) is 58.2 Å². The van der Waals surface area contributed by atoms with Crippen molar-refractivity contribution >= 4 is 34.6 Å². The molecule has 10 nitrogen and oxygen atoms in total. The fraction of sp³-hybridized carbons (Fsp3) is 0.333. The van der Waals surface area contributed by atoms with E-state index in [9.17, 15) is 14.7 Å². The van der Waals surface area contributed by atoms with Crippen LogP contribution in [0, 0.1) is 26.7 Å². The van der Waals surface area contributed by atoms with E-state index in [0.29, 0.717) is 30.3 Å². The van der Waals surface area contributed by atoms with E-state index in [0.717, 1.165) is 46.2 Å². The molecule has 11 heteroatoms. The number of nitrogens with zero attached hydrogens (tertiary/aromatic N) is 7. The van der Waals surface area contributed by atoms with Gasteiger partial charge in [-0.15, -0.1) is 21.5 Å². The molecule has 0 radical (unpaired) electrons. The molecule has 210 valence electrons. The Morgan fingerprint density at radius 1 is 0.976 bits per heavy atom. The van der Waals surface area contributed by atoms with Crippen LogP contribution in [0.15, 0.2) is 53.8 Å². The Bertz CT molecular complexity index is 1650. The number of pyridine rings is 1. The Morgan fingerprint density at radius 3 is 2.32 bits per heavy atom. The second-order valence-corrected chi connectivity index (χ2v) is 11.7. The zero-order chi connectivity index (χ0) is 28.8. The van der Waals surface area contributed by atoms with Crippen molar-refractivity contribution in [3.05, 3.63) is 87.6 Å². The highest BCUT2D eigenvalue weighted by molar-refractivity contribution is 7.15. The van der Waals surface area contributed by atoms with Crippen LogP contribution >= 0.6 is 11.3 Å². The van der Waals surface area contributed by atoms with Crippen molar-refractivity contribution in [2.24, 2.45) is 10.9 Å². The summed E-state index contributed by atoms with van der Waals surface area (Å²) in [5.74, 6) is -0.431. The summed E-state index contributed by atoms with van der Waals surface area (Å²) in [5.41, 5.74) is 5.52. The van der Waals surface area contributed by atoms with Crippen molar-refractivity contribution < 1.29 is 14.7 Å². The van der Waals surface area contributed by atoms with E-state index in [1.54, 1.807) is 42.8 Å². The van der Waals surface area contributed by atoms with Crippen LogP contribution in [-0.4, -0.2) is 73.5 Å². The van der Waals surface area contributed by atoms with E-state index in [1.165, 1.54) is 4.88 Å². The number of aryl methyl sites for hydroxylation is 2. The van der Waals surface area contributed by atoms with Gasteiger partial charge >= 0.3 is 5.97 Å². The third-order valence-electron chi connectivity index (χ3n) is 8.05. The molecule has 2 aliphatic rings. The van der Waals surface area contributed by atoms with Gasteiger partial charge in [-0.2, -0.15) is 0 Å². The SMILES string of the molecule is Cc1sc2c(c1C)C(c1ccc(N3CCN(C(=O)c4ccncc4)CC3)cc1)=NC([C@H](C)C(=O)O)c1nnc(C)n1-2. The Hall–Kier alpha value is -4.38. The molecule has 1 amide bonds. The molecule has 1 saturated heterocycles. The van der Waals surface area contributed by atoms with Gasteiger partial charge in [0.15, 0.2) is 5.82 Å². The number of carboxylic acids is 1. The first kappa shape index (κ1) is 26.8. The molecule has 3 aromatic heterocycles. The number of anilines is 1. The van der Waals surface area contributed by atoms with Crippen LogP contribution in [-0.2, 0) is 4.79 Å². The molecular weight excluding hydrogens is 538 g/mol. The van der Waals surface area contributed by atoms with Crippen LogP contribution < -0.4 is 4.90 Å². The lowest BCUT2D eigenvalue weighted by Gasteiger charge is -2.36. The number of aliphatic carboxylic acids is 1. The molecule has 1 fully saturated rings. The van der Waals surface area contributed by atoms with Crippen molar-refractivity contribution in [1.29, 1.82) is 0 Å². The van der Waals surface area contributed by atoms with Gasteiger partial charge in [-0.25, -0.2) is 0 Å². The summed E-state index contributed by atoms with van der Waals surface area (Å²) in [6, 6.07) is 11.1. The van der Waals surface area contributed by atoms with Gasteiger partial charge in [-0.3, -0.25) is 24.1 Å². The predicted molar refractivity (Wildman–Crippen MR) is 157 cm³/mol. The van der Waals surface area contributed by atoms with Gasteiger partial charge in [0, 0.05) is 65.8 Å². The van der Waals surface area contributed by atoms with Crippen LogP contribution in [0.3, 0.4) is 0 Å². The third kappa shape index (κ3) is 4.69. The molecule has 6 rings (SSSR count). The second kappa shape index (κ2) is 10.5. The number of carbonyl (C=O) groups excluding carboxylic acids is 1. The van der Waals surface area contributed by atoms with Gasteiger partial charge in [0.05, 0.1) is 11.6 Å². The zero-order valence-corrected chi connectivity index (χ0v) is 24.2. The minimum Gasteiger partial charge on any atom is -0.481 e. The minimum atomic E-state index is -0.930. The van der Waals surface area contributed by atoms with Crippen molar-refractivity contribution in [1.82, 2.24) is 24.6 Å². The lowest BCUT2D eigenvalue weighted by atomic mass is 9.98. The highest BCUT2D eigenvalue weighted by atomic mass is 32.1. The van der Waals surface area contributed by atoms with E-state index < -0.39 is 17.9 Å². The lowest BCUT2D eigenvalue weighted by Crippen LogP contribution is -2.48. The topological polar surface area (TPSA) is 117 Å².